The topological polar surface area (TPSA) is 50.1 Å². The van der Waals surface area contributed by atoms with Crippen LogP contribution in [0, 0.1) is 0 Å². The van der Waals surface area contributed by atoms with E-state index in [4.69, 9.17) is 0 Å². The van der Waals surface area contributed by atoms with Crippen LogP contribution in [0.25, 0.3) is 0 Å². The molecule has 1 aromatic carbocycles. The van der Waals surface area contributed by atoms with Gasteiger partial charge in [-0.15, -0.1) is 0 Å². The second kappa shape index (κ2) is 4.04. The molecule has 0 aliphatic carbocycles. The summed E-state index contributed by atoms with van der Waals surface area (Å²) in [7, 11) is 1.87. The van der Waals surface area contributed by atoms with Gasteiger partial charge in [0.2, 0.25) is 0 Å². The smallest absolute Gasteiger partial charge is 0.115 e. The summed E-state index contributed by atoms with van der Waals surface area (Å²) in [5.41, 5.74) is 2.01. The van der Waals surface area contributed by atoms with Gasteiger partial charge >= 0.3 is 0 Å². The first-order chi connectivity index (χ1) is 7.24. The zero-order chi connectivity index (χ0) is 10.7. The second-order valence-electron chi connectivity index (χ2n) is 3.43. The van der Waals surface area contributed by atoms with Gasteiger partial charge in [-0.1, -0.05) is 12.1 Å². The molecule has 0 radical (unpaired) electrons. The lowest BCUT2D eigenvalue weighted by Gasteiger charge is -2.03. The van der Waals surface area contributed by atoms with E-state index < -0.39 is 0 Å². The molecule has 1 heterocycles. The fraction of sp³-hybridized carbons (Fsp3) is 0.182. The number of aryl methyl sites for hydroxylation is 1. The van der Waals surface area contributed by atoms with Crippen LogP contribution >= 0.6 is 0 Å². The van der Waals surface area contributed by atoms with Crippen LogP contribution in [0.15, 0.2) is 36.7 Å². The SMILES string of the molecule is Cn1cc(NCc2cccc(O)c2)cn1. The molecule has 2 aromatic rings. The number of aromatic hydroxyl groups is 1. The fourth-order valence-electron chi connectivity index (χ4n) is 1.38. The first-order valence-corrected chi connectivity index (χ1v) is 4.74. The fourth-order valence-corrected chi connectivity index (χ4v) is 1.38. The molecule has 1 aromatic heterocycles. The minimum Gasteiger partial charge on any atom is -0.508 e. The Bertz CT molecular complexity index is 451. The van der Waals surface area contributed by atoms with Gasteiger partial charge in [-0.05, 0) is 17.7 Å². The summed E-state index contributed by atoms with van der Waals surface area (Å²) in [5.74, 6) is 0.292. The van der Waals surface area contributed by atoms with Crippen molar-refractivity contribution in [3.05, 3.63) is 42.2 Å². The Morgan fingerprint density at radius 1 is 1.47 bits per heavy atom. The van der Waals surface area contributed by atoms with Crippen LogP contribution in [0.3, 0.4) is 0 Å². The first kappa shape index (κ1) is 9.58. The number of hydrogen-bond acceptors (Lipinski definition) is 3. The molecule has 0 saturated carbocycles. The Balaban J connectivity index is 1.99. The van der Waals surface area contributed by atoms with Crippen molar-refractivity contribution in [3.63, 3.8) is 0 Å². The van der Waals surface area contributed by atoms with Gasteiger partial charge in [0.15, 0.2) is 0 Å². The quantitative estimate of drug-likeness (QED) is 0.798. The van der Waals surface area contributed by atoms with Crippen LogP contribution in [-0.4, -0.2) is 14.9 Å². The van der Waals surface area contributed by atoms with E-state index in [1.54, 1.807) is 23.0 Å². The third kappa shape index (κ3) is 2.49. The summed E-state index contributed by atoms with van der Waals surface area (Å²) in [6.07, 6.45) is 3.67. The molecule has 0 spiro atoms. The molecule has 0 atom stereocenters. The van der Waals surface area contributed by atoms with Crippen molar-refractivity contribution in [1.29, 1.82) is 0 Å². The molecular weight excluding hydrogens is 190 g/mol. The highest BCUT2D eigenvalue weighted by atomic mass is 16.3. The molecule has 0 fully saturated rings. The van der Waals surface area contributed by atoms with Crippen LogP contribution in [0.1, 0.15) is 5.56 Å². The predicted molar refractivity (Wildman–Crippen MR) is 58.6 cm³/mol. The largest absolute Gasteiger partial charge is 0.508 e. The van der Waals surface area contributed by atoms with Crippen molar-refractivity contribution in [2.45, 2.75) is 6.54 Å². The molecule has 0 bridgehead atoms. The molecule has 15 heavy (non-hydrogen) atoms. The van der Waals surface area contributed by atoms with E-state index in [0.717, 1.165) is 11.3 Å². The molecule has 0 unspecified atom stereocenters. The lowest BCUT2D eigenvalue weighted by molar-refractivity contribution is 0.474. The van der Waals surface area contributed by atoms with E-state index >= 15 is 0 Å². The average molecular weight is 203 g/mol. The standard InChI is InChI=1S/C11H13N3O/c1-14-8-10(7-13-14)12-6-9-3-2-4-11(15)5-9/h2-5,7-8,12,15H,6H2,1H3. The number of nitrogens with zero attached hydrogens (tertiary/aromatic N) is 2. The molecule has 0 aliphatic rings. The minimum absolute atomic E-state index is 0.292. The predicted octanol–water partition coefficient (Wildman–Crippen LogP) is 1.74. The highest BCUT2D eigenvalue weighted by molar-refractivity contribution is 5.39. The molecule has 4 nitrogen and oxygen atoms in total. The van der Waals surface area contributed by atoms with Crippen LogP contribution in [-0.2, 0) is 13.6 Å². The maximum atomic E-state index is 9.27. The van der Waals surface area contributed by atoms with E-state index in [0.29, 0.717) is 12.3 Å². The Labute approximate surface area is 88.2 Å². The van der Waals surface area contributed by atoms with E-state index in [2.05, 4.69) is 10.4 Å². The van der Waals surface area contributed by atoms with Crippen LogP contribution < -0.4 is 5.32 Å². The zero-order valence-corrected chi connectivity index (χ0v) is 8.51. The molecule has 0 aliphatic heterocycles. The van der Waals surface area contributed by atoms with Gasteiger partial charge in [0.25, 0.3) is 0 Å². The van der Waals surface area contributed by atoms with Gasteiger partial charge < -0.3 is 10.4 Å². The maximum Gasteiger partial charge on any atom is 0.115 e. The molecule has 0 saturated heterocycles. The van der Waals surface area contributed by atoms with Crippen molar-refractivity contribution in [1.82, 2.24) is 9.78 Å². The van der Waals surface area contributed by atoms with E-state index in [1.807, 2.05) is 25.4 Å². The molecule has 2 rings (SSSR count). The number of phenols is 1. The normalized spacial score (nSPS) is 10.2. The van der Waals surface area contributed by atoms with Crippen molar-refractivity contribution in [2.24, 2.45) is 7.05 Å². The number of rotatable bonds is 3. The number of phenolic OH excluding ortho intramolecular Hbond substituents is 1. The summed E-state index contributed by atoms with van der Waals surface area (Å²) in [6.45, 7) is 0.681. The first-order valence-electron chi connectivity index (χ1n) is 4.74. The summed E-state index contributed by atoms with van der Waals surface area (Å²) >= 11 is 0. The Morgan fingerprint density at radius 3 is 3.00 bits per heavy atom. The molecular formula is C11H13N3O. The maximum absolute atomic E-state index is 9.27. The van der Waals surface area contributed by atoms with Gasteiger partial charge in [-0.3, -0.25) is 4.68 Å². The van der Waals surface area contributed by atoms with Crippen LogP contribution in [0.2, 0.25) is 0 Å². The summed E-state index contributed by atoms with van der Waals surface area (Å²) < 4.78 is 1.74. The highest BCUT2D eigenvalue weighted by Gasteiger charge is 1.96. The Kier molecular flexibility index (Phi) is 2.58. The number of hydrogen-bond donors (Lipinski definition) is 2. The Hall–Kier alpha value is -1.97. The van der Waals surface area contributed by atoms with Gasteiger partial charge in [-0.2, -0.15) is 5.10 Å². The lowest BCUT2D eigenvalue weighted by atomic mass is 10.2. The van der Waals surface area contributed by atoms with Crippen molar-refractivity contribution in [3.8, 4) is 5.75 Å². The van der Waals surface area contributed by atoms with Gasteiger partial charge in [0.1, 0.15) is 5.75 Å². The van der Waals surface area contributed by atoms with Crippen LogP contribution in [0.4, 0.5) is 5.69 Å². The van der Waals surface area contributed by atoms with Crippen LogP contribution in [0.5, 0.6) is 5.75 Å². The van der Waals surface area contributed by atoms with E-state index in [-0.39, 0.29) is 0 Å². The van der Waals surface area contributed by atoms with Gasteiger partial charge in [-0.25, -0.2) is 0 Å². The zero-order valence-electron chi connectivity index (χ0n) is 8.51. The third-order valence-electron chi connectivity index (χ3n) is 2.11. The number of aromatic nitrogens is 2. The highest BCUT2D eigenvalue weighted by Crippen LogP contribution is 2.12. The second-order valence-corrected chi connectivity index (χ2v) is 3.43. The third-order valence-corrected chi connectivity index (χ3v) is 2.11. The van der Waals surface area contributed by atoms with E-state index in [9.17, 15) is 5.11 Å². The number of benzene rings is 1. The molecule has 0 amide bonds. The molecule has 2 N–H and O–H groups in total. The average Bonchev–Trinajstić information content (AvgIpc) is 2.62. The summed E-state index contributed by atoms with van der Waals surface area (Å²) in [4.78, 5) is 0. The monoisotopic (exact) mass is 203 g/mol. The molecule has 78 valence electrons. The summed E-state index contributed by atoms with van der Waals surface area (Å²) in [6, 6.07) is 7.19. The van der Waals surface area contributed by atoms with Gasteiger partial charge in [0.05, 0.1) is 11.9 Å². The summed E-state index contributed by atoms with van der Waals surface area (Å²) in [5, 5.41) is 16.5. The molecule has 4 heteroatoms. The number of anilines is 1. The van der Waals surface area contributed by atoms with Crippen molar-refractivity contribution >= 4 is 5.69 Å². The van der Waals surface area contributed by atoms with Gasteiger partial charge in [0, 0.05) is 19.8 Å². The van der Waals surface area contributed by atoms with Crippen molar-refractivity contribution < 1.29 is 5.11 Å². The van der Waals surface area contributed by atoms with E-state index in [1.165, 1.54) is 0 Å². The lowest BCUT2D eigenvalue weighted by Crippen LogP contribution is -1.97. The van der Waals surface area contributed by atoms with Crippen molar-refractivity contribution in [2.75, 3.05) is 5.32 Å². The number of nitrogens with one attached hydrogen (secondary N) is 1. The minimum atomic E-state index is 0.292. The Morgan fingerprint density at radius 2 is 2.33 bits per heavy atom.